The first kappa shape index (κ1) is 20.4. The van der Waals surface area contributed by atoms with Crippen LogP contribution in [-0.2, 0) is 23.0 Å². The second-order valence-corrected chi connectivity index (χ2v) is 7.22. The average Bonchev–Trinajstić information content (AvgIpc) is 2.74. The lowest BCUT2D eigenvalue weighted by Gasteiger charge is -2.17. The fraction of sp³-hybridized carbons (Fsp3) is 0.182. The maximum absolute atomic E-state index is 12.7. The molecular weight excluding hydrogens is 442 g/mol. The first-order valence-corrected chi connectivity index (χ1v) is 10.3. The third-order valence-corrected chi connectivity index (χ3v) is 5.37. The molecule has 0 saturated heterocycles. The van der Waals surface area contributed by atoms with Crippen LogP contribution in [0.4, 0.5) is 0 Å². The van der Waals surface area contributed by atoms with Gasteiger partial charge in [-0.3, -0.25) is 4.79 Å². The molecule has 144 valence electrons. The molecule has 0 unspecified atom stereocenters. The maximum Gasteiger partial charge on any atom is 0.337 e. The van der Waals surface area contributed by atoms with Crippen molar-refractivity contribution in [2.24, 2.45) is 0 Å². The van der Waals surface area contributed by atoms with E-state index in [1.807, 2.05) is 42.5 Å². The number of nitrogens with zero attached hydrogens (tertiary/aromatic N) is 1. The van der Waals surface area contributed by atoms with Gasteiger partial charge < -0.3 is 9.30 Å². The van der Waals surface area contributed by atoms with Crippen LogP contribution in [0.15, 0.2) is 65.5 Å². The van der Waals surface area contributed by atoms with Crippen LogP contribution in [-0.4, -0.2) is 17.6 Å². The third kappa shape index (κ3) is 4.37. The molecule has 0 N–H and O–H groups in total. The van der Waals surface area contributed by atoms with Gasteiger partial charge in [0.05, 0.1) is 12.7 Å². The van der Waals surface area contributed by atoms with Gasteiger partial charge in [-0.05, 0) is 35.7 Å². The zero-order valence-corrected chi connectivity index (χ0v) is 17.7. The standard InChI is InChI=1S/C22H19BrClNO3/c1-28-22(27)17-9-7-15(8-10-17)11-12-25-20(14-23)18(13-19(24)21(25)26)16-5-3-2-4-6-16/h2-10,13H,11-12,14H2,1H3. The predicted molar refractivity (Wildman–Crippen MR) is 115 cm³/mol. The number of halogens is 2. The summed E-state index contributed by atoms with van der Waals surface area (Å²) in [4.78, 5) is 24.2. The van der Waals surface area contributed by atoms with Gasteiger partial charge in [-0.15, -0.1) is 0 Å². The van der Waals surface area contributed by atoms with Gasteiger partial charge in [-0.1, -0.05) is 70.0 Å². The van der Waals surface area contributed by atoms with E-state index in [-0.39, 0.29) is 16.6 Å². The van der Waals surface area contributed by atoms with Crippen molar-refractivity contribution >= 4 is 33.5 Å². The molecule has 1 heterocycles. The number of carbonyl (C=O) groups is 1. The highest BCUT2D eigenvalue weighted by atomic mass is 79.9. The van der Waals surface area contributed by atoms with Gasteiger partial charge in [0.1, 0.15) is 5.02 Å². The van der Waals surface area contributed by atoms with Crippen LogP contribution < -0.4 is 5.56 Å². The molecule has 0 atom stereocenters. The summed E-state index contributed by atoms with van der Waals surface area (Å²) in [5, 5.41) is 0.731. The molecule has 0 aliphatic rings. The summed E-state index contributed by atoms with van der Waals surface area (Å²) in [5.74, 6) is -0.369. The fourth-order valence-corrected chi connectivity index (χ4v) is 3.90. The molecule has 0 aliphatic heterocycles. The highest BCUT2D eigenvalue weighted by Crippen LogP contribution is 2.27. The largest absolute Gasteiger partial charge is 0.465 e. The van der Waals surface area contributed by atoms with Gasteiger partial charge in [0.25, 0.3) is 5.56 Å². The molecule has 0 spiro atoms. The number of hydrogen-bond acceptors (Lipinski definition) is 3. The Morgan fingerprint density at radius 1 is 1.11 bits per heavy atom. The highest BCUT2D eigenvalue weighted by Gasteiger charge is 2.14. The van der Waals surface area contributed by atoms with Crippen LogP contribution in [0.2, 0.25) is 5.02 Å². The Balaban J connectivity index is 1.92. The number of carbonyl (C=O) groups excluding carboxylic acids is 1. The summed E-state index contributed by atoms with van der Waals surface area (Å²) in [6.07, 6.45) is 0.635. The molecular formula is C22H19BrClNO3. The van der Waals surface area contributed by atoms with E-state index in [0.717, 1.165) is 22.4 Å². The first-order valence-electron chi connectivity index (χ1n) is 8.76. The minimum absolute atomic E-state index is 0.199. The molecule has 0 saturated carbocycles. The summed E-state index contributed by atoms with van der Waals surface area (Å²) in [5.41, 5.74) is 4.13. The Morgan fingerprint density at radius 2 is 1.79 bits per heavy atom. The van der Waals surface area contributed by atoms with Crippen molar-refractivity contribution in [3.8, 4) is 11.1 Å². The van der Waals surface area contributed by atoms with Crippen molar-refractivity contribution in [1.82, 2.24) is 4.57 Å². The first-order chi connectivity index (χ1) is 13.5. The number of aromatic nitrogens is 1. The zero-order valence-electron chi connectivity index (χ0n) is 15.3. The quantitative estimate of drug-likeness (QED) is 0.380. The lowest BCUT2D eigenvalue weighted by molar-refractivity contribution is 0.0600. The molecule has 0 radical (unpaired) electrons. The van der Waals surface area contributed by atoms with Crippen LogP contribution >= 0.6 is 27.5 Å². The summed E-state index contributed by atoms with van der Waals surface area (Å²) in [6, 6.07) is 18.8. The number of ether oxygens (including phenoxy) is 1. The highest BCUT2D eigenvalue weighted by molar-refractivity contribution is 9.08. The number of alkyl halides is 1. The Hall–Kier alpha value is -2.37. The van der Waals surface area contributed by atoms with Gasteiger partial charge in [0.15, 0.2) is 0 Å². The Morgan fingerprint density at radius 3 is 2.39 bits per heavy atom. The summed E-state index contributed by atoms with van der Waals surface area (Å²) in [7, 11) is 1.36. The molecule has 0 bridgehead atoms. The smallest absolute Gasteiger partial charge is 0.337 e. The van der Waals surface area contributed by atoms with Crippen molar-refractivity contribution in [1.29, 1.82) is 0 Å². The lowest BCUT2D eigenvalue weighted by Crippen LogP contribution is -2.25. The van der Waals surface area contributed by atoms with Crippen LogP contribution in [0, 0.1) is 0 Å². The molecule has 0 amide bonds. The normalized spacial score (nSPS) is 10.7. The summed E-state index contributed by atoms with van der Waals surface area (Å²) in [6.45, 7) is 0.484. The Bertz CT molecular complexity index is 1030. The number of esters is 1. The molecule has 3 aromatic rings. The molecule has 0 fully saturated rings. The van der Waals surface area contributed by atoms with E-state index in [9.17, 15) is 9.59 Å². The Kier molecular flexibility index (Phi) is 6.70. The van der Waals surface area contributed by atoms with Crippen molar-refractivity contribution < 1.29 is 9.53 Å². The predicted octanol–water partition coefficient (Wildman–Crippen LogP) is 5.09. The number of rotatable bonds is 6. The fourth-order valence-electron chi connectivity index (χ4n) is 3.08. The second kappa shape index (κ2) is 9.22. The number of hydrogen-bond donors (Lipinski definition) is 0. The van der Waals surface area contributed by atoms with E-state index >= 15 is 0 Å². The van der Waals surface area contributed by atoms with Crippen LogP contribution in [0.5, 0.6) is 0 Å². The number of benzene rings is 2. The van der Waals surface area contributed by atoms with Crippen molar-refractivity contribution in [2.75, 3.05) is 7.11 Å². The molecule has 6 heteroatoms. The monoisotopic (exact) mass is 459 g/mol. The van der Waals surface area contributed by atoms with Gasteiger partial charge in [0.2, 0.25) is 0 Å². The lowest BCUT2D eigenvalue weighted by atomic mass is 10.0. The molecule has 3 rings (SSSR count). The van der Waals surface area contributed by atoms with E-state index in [0.29, 0.717) is 23.9 Å². The molecule has 0 aliphatic carbocycles. The topological polar surface area (TPSA) is 48.3 Å². The van der Waals surface area contributed by atoms with Gasteiger partial charge >= 0.3 is 5.97 Å². The second-order valence-electron chi connectivity index (χ2n) is 6.25. The maximum atomic E-state index is 12.7. The van der Waals surface area contributed by atoms with Gasteiger partial charge in [-0.2, -0.15) is 0 Å². The van der Waals surface area contributed by atoms with Gasteiger partial charge in [0, 0.05) is 23.1 Å². The van der Waals surface area contributed by atoms with Crippen LogP contribution in [0.25, 0.3) is 11.1 Å². The SMILES string of the molecule is COC(=O)c1ccc(CCn2c(CBr)c(-c3ccccc3)cc(Cl)c2=O)cc1. The number of methoxy groups -OCH3 is 1. The van der Waals surface area contributed by atoms with E-state index in [1.165, 1.54) is 7.11 Å². The Labute approximate surface area is 176 Å². The van der Waals surface area contributed by atoms with Crippen molar-refractivity contribution in [3.05, 3.63) is 92.9 Å². The minimum atomic E-state index is -0.369. The van der Waals surface area contributed by atoms with Crippen molar-refractivity contribution in [3.63, 3.8) is 0 Å². The average molecular weight is 461 g/mol. The minimum Gasteiger partial charge on any atom is -0.465 e. The van der Waals surface area contributed by atoms with E-state index in [1.54, 1.807) is 22.8 Å². The summed E-state index contributed by atoms with van der Waals surface area (Å²) >= 11 is 9.77. The van der Waals surface area contributed by atoms with E-state index < -0.39 is 0 Å². The van der Waals surface area contributed by atoms with E-state index in [2.05, 4.69) is 15.9 Å². The number of aryl methyl sites for hydroxylation is 1. The zero-order chi connectivity index (χ0) is 20.1. The molecule has 4 nitrogen and oxygen atoms in total. The van der Waals surface area contributed by atoms with Crippen LogP contribution in [0.1, 0.15) is 21.6 Å². The molecule has 1 aromatic heterocycles. The van der Waals surface area contributed by atoms with Gasteiger partial charge in [-0.25, -0.2) is 4.79 Å². The number of pyridine rings is 1. The molecule has 28 heavy (non-hydrogen) atoms. The van der Waals surface area contributed by atoms with Crippen LogP contribution in [0.3, 0.4) is 0 Å². The third-order valence-electron chi connectivity index (χ3n) is 4.57. The van der Waals surface area contributed by atoms with Crippen molar-refractivity contribution in [2.45, 2.75) is 18.3 Å². The summed E-state index contributed by atoms with van der Waals surface area (Å²) < 4.78 is 6.43. The molecule has 2 aromatic carbocycles. The van der Waals surface area contributed by atoms with E-state index in [4.69, 9.17) is 16.3 Å².